The summed E-state index contributed by atoms with van der Waals surface area (Å²) in [6, 6.07) is 16.7. The highest BCUT2D eigenvalue weighted by atomic mass is 32.1. The number of thiophene rings is 1. The van der Waals surface area contributed by atoms with Crippen molar-refractivity contribution < 1.29 is 13.9 Å². The monoisotopic (exact) mass is 394 g/mol. The van der Waals surface area contributed by atoms with Crippen LogP contribution in [-0.2, 0) is 0 Å². The van der Waals surface area contributed by atoms with E-state index in [1.54, 1.807) is 28.2 Å². The van der Waals surface area contributed by atoms with E-state index in [4.69, 9.17) is 4.74 Å². The number of hydrogen-bond acceptors (Lipinski definition) is 5. The van der Waals surface area contributed by atoms with Gasteiger partial charge < -0.3 is 10.1 Å². The molecule has 2 aromatic carbocycles. The molecule has 0 saturated heterocycles. The number of ether oxygens (including phenoxy) is 1. The minimum absolute atomic E-state index is 0.275. The highest BCUT2D eigenvalue weighted by molar-refractivity contribution is 7.13. The number of nitrogens with one attached hydrogen (secondary N) is 1. The molecule has 0 aliphatic heterocycles. The molecule has 0 saturated carbocycles. The number of hydrogen-bond donors (Lipinski definition) is 1. The molecule has 4 aromatic rings. The third-order valence-corrected chi connectivity index (χ3v) is 4.85. The van der Waals surface area contributed by atoms with Crippen LogP contribution in [0, 0.1) is 5.82 Å². The van der Waals surface area contributed by atoms with Gasteiger partial charge in [-0.3, -0.25) is 4.79 Å². The topological polar surface area (TPSA) is 69.0 Å². The van der Waals surface area contributed by atoms with E-state index >= 15 is 0 Å². The zero-order valence-electron chi connectivity index (χ0n) is 14.8. The molecule has 2 aromatic heterocycles. The van der Waals surface area contributed by atoms with Gasteiger partial charge in [-0.15, -0.1) is 16.4 Å². The minimum Gasteiger partial charge on any atom is -0.466 e. The molecule has 1 N–H and O–H groups in total. The molecule has 140 valence electrons. The maximum atomic E-state index is 13.0. The third-order valence-electron chi connectivity index (χ3n) is 3.99. The zero-order chi connectivity index (χ0) is 19.5. The first-order valence-corrected chi connectivity index (χ1v) is 9.24. The molecule has 0 spiro atoms. The second kappa shape index (κ2) is 7.61. The second-order valence-corrected chi connectivity index (χ2v) is 6.77. The average Bonchev–Trinajstić information content (AvgIpc) is 3.38. The van der Waals surface area contributed by atoms with Gasteiger partial charge in [0.2, 0.25) is 0 Å². The van der Waals surface area contributed by atoms with Crippen molar-refractivity contribution in [2.45, 2.75) is 0 Å². The maximum absolute atomic E-state index is 13.0. The lowest BCUT2D eigenvalue weighted by Gasteiger charge is -2.08. The Hall–Kier alpha value is -3.52. The summed E-state index contributed by atoms with van der Waals surface area (Å²) in [6.45, 7) is 0. The molecule has 0 atom stereocenters. The smallest absolute Gasteiger partial charge is 0.336 e. The van der Waals surface area contributed by atoms with Crippen LogP contribution < -0.4 is 10.1 Å². The molecule has 4 rings (SSSR count). The van der Waals surface area contributed by atoms with E-state index in [2.05, 4.69) is 15.4 Å². The summed E-state index contributed by atoms with van der Waals surface area (Å²) < 4.78 is 19.8. The SMILES string of the molecule is COc1nc(-c2cccs2)n(-c2ccc(NC(=O)c3ccc(F)cc3)cc2)n1. The van der Waals surface area contributed by atoms with Crippen LogP contribution in [0.5, 0.6) is 6.01 Å². The summed E-state index contributed by atoms with van der Waals surface area (Å²) in [5, 5.41) is 9.12. The molecule has 0 fully saturated rings. The number of methoxy groups -OCH3 is 1. The lowest BCUT2D eigenvalue weighted by Crippen LogP contribution is -2.11. The highest BCUT2D eigenvalue weighted by Crippen LogP contribution is 2.27. The molecule has 0 radical (unpaired) electrons. The largest absolute Gasteiger partial charge is 0.466 e. The zero-order valence-corrected chi connectivity index (χ0v) is 15.6. The van der Waals surface area contributed by atoms with E-state index < -0.39 is 0 Å². The Morgan fingerprint density at radius 2 is 1.86 bits per heavy atom. The predicted molar refractivity (Wildman–Crippen MR) is 106 cm³/mol. The number of aromatic nitrogens is 3. The van der Waals surface area contributed by atoms with Gasteiger partial charge in [-0.05, 0) is 60.0 Å². The van der Waals surface area contributed by atoms with Gasteiger partial charge in [-0.1, -0.05) is 6.07 Å². The fourth-order valence-electron chi connectivity index (χ4n) is 2.62. The molecule has 6 nitrogen and oxygen atoms in total. The van der Waals surface area contributed by atoms with Crippen molar-refractivity contribution in [3.05, 3.63) is 77.4 Å². The Labute approximate surface area is 164 Å². The predicted octanol–water partition coefficient (Wildman–Crippen LogP) is 4.40. The van der Waals surface area contributed by atoms with Gasteiger partial charge in [0.25, 0.3) is 5.91 Å². The molecule has 8 heteroatoms. The van der Waals surface area contributed by atoms with E-state index in [1.807, 2.05) is 29.6 Å². The second-order valence-electron chi connectivity index (χ2n) is 5.82. The number of carbonyl (C=O) groups is 1. The Balaban J connectivity index is 1.58. The first kappa shape index (κ1) is 17.9. The number of rotatable bonds is 5. The van der Waals surface area contributed by atoms with Gasteiger partial charge in [0.15, 0.2) is 5.82 Å². The summed E-state index contributed by atoms with van der Waals surface area (Å²) in [5.74, 6) is -0.0184. The molecule has 0 unspecified atom stereocenters. The fourth-order valence-corrected chi connectivity index (χ4v) is 3.31. The number of anilines is 1. The van der Waals surface area contributed by atoms with Gasteiger partial charge in [-0.2, -0.15) is 4.98 Å². The molecule has 0 bridgehead atoms. The van der Waals surface area contributed by atoms with Gasteiger partial charge in [-0.25, -0.2) is 9.07 Å². The van der Waals surface area contributed by atoms with E-state index in [1.165, 1.54) is 31.4 Å². The Morgan fingerprint density at radius 1 is 1.11 bits per heavy atom. The average molecular weight is 394 g/mol. The Kier molecular flexibility index (Phi) is 4.86. The van der Waals surface area contributed by atoms with Crippen molar-refractivity contribution in [3.63, 3.8) is 0 Å². The van der Waals surface area contributed by atoms with Gasteiger partial charge in [0.05, 0.1) is 17.7 Å². The van der Waals surface area contributed by atoms with Crippen LogP contribution in [0.3, 0.4) is 0 Å². The number of benzene rings is 2. The van der Waals surface area contributed by atoms with Crippen molar-refractivity contribution in [2.24, 2.45) is 0 Å². The molecular weight excluding hydrogens is 379 g/mol. The van der Waals surface area contributed by atoms with Crippen LogP contribution in [0.25, 0.3) is 16.4 Å². The van der Waals surface area contributed by atoms with E-state index in [0.29, 0.717) is 17.1 Å². The number of amides is 1. The Bertz CT molecular complexity index is 1090. The number of halogens is 1. The van der Waals surface area contributed by atoms with E-state index in [9.17, 15) is 9.18 Å². The first-order valence-electron chi connectivity index (χ1n) is 8.36. The molecule has 1 amide bonds. The third kappa shape index (κ3) is 3.63. The lowest BCUT2D eigenvalue weighted by molar-refractivity contribution is 0.102. The van der Waals surface area contributed by atoms with E-state index in [-0.39, 0.29) is 17.7 Å². The van der Waals surface area contributed by atoms with Gasteiger partial charge in [0, 0.05) is 11.3 Å². The highest BCUT2D eigenvalue weighted by Gasteiger charge is 2.15. The van der Waals surface area contributed by atoms with E-state index in [0.717, 1.165) is 10.6 Å². The summed E-state index contributed by atoms with van der Waals surface area (Å²) in [6.07, 6.45) is 0. The normalized spacial score (nSPS) is 10.6. The summed E-state index contributed by atoms with van der Waals surface area (Å²) in [4.78, 5) is 17.6. The molecule has 28 heavy (non-hydrogen) atoms. The van der Waals surface area contributed by atoms with Crippen LogP contribution in [0.15, 0.2) is 66.0 Å². The first-order chi connectivity index (χ1) is 13.6. The van der Waals surface area contributed by atoms with Crippen LogP contribution in [-0.4, -0.2) is 27.8 Å². The maximum Gasteiger partial charge on any atom is 0.336 e. The fraction of sp³-hybridized carbons (Fsp3) is 0.0500. The minimum atomic E-state index is -0.384. The molecule has 2 heterocycles. The number of carbonyl (C=O) groups excluding carboxylic acids is 1. The summed E-state index contributed by atoms with van der Waals surface area (Å²) in [5.41, 5.74) is 1.77. The van der Waals surface area contributed by atoms with Crippen molar-refractivity contribution in [3.8, 4) is 22.4 Å². The standard InChI is InChI=1S/C20H15FN4O2S/c1-27-20-23-18(17-3-2-12-28-17)25(24-20)16-10-8-15(9-11-16)22-19(26)13-4-6-14(21)7-5-13/h2-12H,1H3,(H,22,26). The lowest BCUT2D eigenvalue weighted by atomic mass is 10.2. The van der Waals surface area contributed by atoms with Crippen LogP contribution in [0.2, 0.25) is 0 Å². The summed E-state index contributed by atoms with van der Waals surface area (Å²) in [7, 11) is 1.52. The number of nitrogens with zero attached hydrogens (tertiary/aromatic N) is 3. The Morgan fingerprint density at radius 3 is 2.50 bits per heavy atom. The van der Waals surface area contributed by atoms with Crippen molar-refractivity contribution in [1.29, 1.82) is 0 Å². The van der Waals surface area contributed by atoms with Crippen molar-refractivity contribution >= 4 is 22.9 Å². The van der Waals surface area contributed by atoms with Crippen molar-refractivity contribution in [2.75, 3.05) is 12.4 Å². The molecule has 0 aliphatic carbocycles. The molecule has 0 aliphatic rings. The van der Waals surface area contributed by atoms with Crippen LogP contribution in [0.4, 0.5) is 10.1 Å². The molecular formula is C20H15FN4O2S. The van der Waals surface area contributed by atoms with Crippen molar-refractivity contribution in [1.82, 2.24) is 14.8 Å². The van der Waals surface area contributed by atoms with Crippen LogP contribution >= 0.6 is 11.3 Å². The van der Waals surface area contributed by atoms with Gasteiger partial charge in [0.1, 0.15) is 5.82 Å². The quantitative estimate of drug-likeness (QED) is 0.545. The van der Waals surface area contributed by atoms with Crippen LogP contribution in [0.1, 0.15) is 10.4 Å². The van der Waals surface area contributed by atoms with Gasteiger partial charge >= 0.3 is 6.01 Å². The summed E-state index contributed by atoms with van der Waals surface area (Å²) >= 11 is 1.56.